The molecule has 2 N–H and O–H groups in total. The van der Waals surface area contributed by atoms with E-state index >= 15 is 0 Å². The van der Waals surface area contributed by atoms with Crippen molar-refractivity contribution in [2.24, 2.45) is 11.3 Å². The van der Waals surface area contributed by atoms with Crippen LogP contribution >= 0.6 is 0 Å². The van der Waals surface area contributed by atoms with E-state index in [2.05, 4.69) is 66.6 Å². The van der Waals surface area contributed by atoms with Gasteiger partial charge in [-0.05, 0) is 40.8 Å². The molecule has 1 aromatic heterocycles. The van der Waals surface area contributed by atoms with Crippen LogP contribution < -0.4 is 10.6 Å². The molecule has 2 aliphatic rings. The SMILES string of the molecule is CC(C)(C)C1CC1NC(=O)Nc1ccc(-c2ccc(CN3CCOCC3)nc2)c2ccccc12. The van der Waals surface area contributed by atoms with Crippen LogP contribution in [0.2, 0.25) is 0 Å². The Bertz CT molecular complexity index is 1160. The number of morpholine rings is 1. The topological polar surface area (TPSA) is 66.5 Å². The van der Waals surface area contributed by atoms with E-state index in [1.807, 2.05) is 24.4 Å². The van der Waals surface area contributed by atoms with E-state index in [9.17, 15) is 4.79 Å². The number of nitrogens with one attached hydrogen (secondary N) is 2. The van der Waals surface area contributed by atoms with Gasteiger partial charge in [-0.25, -0.2) is 4.79 Å². The third-order valence-electron chi connectivity index (χ3n) is 7.02. The molecule has 2 unspecified atom stereocenters. The van der Waals surface area contributed by atoms with Crippen molar-refractivity contribution < 1.29 is 9.53 Å². The van der Waals surface area contributed by atoms with E-state index in [-0.39, 0.29) is 17.5 Å². The Morgan fingerprint density at radius 3 is 2.50 bits per heavy atom. The van der Waals surface area contributed by atoms with Crippen LogP contribution in [0.4, 0.5) is 10.5 Å². The molecule has 2 aromatic carbocycles. The molecule has 0 bridgehead atoms. The summed E-state index contributed by atoms with van der Waals surface area (Å²) in [6.45, 7) is 11.0. The van der Waals surface area contributed by atoms with Crippen molar-refractivity contribution in [3.63, 3.8) is 0 Å². The Kier molecular flexibility index (Phi) is 6.28. The Morgan fingerprint density at radius 1 is 1.06 bits per heavy atom. The minimum Gasteiger partial charge on any atom is -0.379 e. The number of anilines is 1. The first kappa shape index (κ1) is 22.8. The number of nitrogens with zero attached hydrogens (tertiary/aromatic N) is 2. The molecule has 6 heteroatoms. The molecule has 2 atom stereocenters. The van der Waals surface area contributed by atoms with Crippen LogP contribution in [-0.4, -0.2) is 48.3 Å². The van der Waals surface area contributed by atoms with Crippen LogP contribution in [0.3, 0.4) is 0 Å². The van der Waals surface area contributed by atoms with Crippen LogP contribution in [0, 0.1) is 11.3 Å². The number of fused-ring (bicyclic) bond motifs is 1. The van der Waals surface area contributed by atoms with E-state index in [0.717, 1.165) is 72.5 Å². The number of pyridine rings is 1. The number of aromatic nitrogens is 1. The Balaban J connectivity index is 1.32. The van der Waals surface area contributed by atoms with Crippen molar-refractivity contribution in [1.29, 1.82) is 0 Å². The number of rotatable bonds is 5. The van der Waals surface area contributed by atoms with Crippen molar-refractivity contribution >= 4 is 22.5 Å². The summed E-state index contributed by atoms with van der Waals surface area (Å²) in [6, 6.07) is 16.7. The number of carbonyl (C=O) groups excluding carboxylic acids is 1. The fraction of sp³-hybridized carbons (Fsp3) is 0.429. The molecule has 2 fully saturated rings. The van der Waals surface area contributed by atoms with Gasteiger partial charge in [-0.1, -0.05) is 57.2 Å². The van der Waals surface area contributed by atoms with Crippen molar-refractivity contribution in [3.05, 3.63) is 60.4 Å². The molecule has 0 radical (unpaired) electrons. The molecule has 2 heterocycles. The van der Waals surface area contributed by atoms with Crippen molar-refractivity contribution in [2.45, 2.75) is 39.8 Å². The molecule has 6 nitrogen and oxygen atoms in total. The maximum Gasteiger partial charge on any atom is 0.319 e. The minimum absolute atomic E-state index is 0.135. The fourth-order valence-corrected chi connectivity index (χ4v) is 4.96. The van der Waals surface area contributed by atoms with E-state index in [1.54, 1.807) is 0 Å². The number of urea groups is 1. The number of hydrogen-bond donors (Lipinski definition) is 2. The van der Waals surface area contributed by atoms with Gasteiger partial charge >= 0.3 is 6.03 Å². The highest BCUT2D eigenvalue weighted by Crippen LogP contribution is 2.45. The smallest absolute Gasteiger partial charge is 0.319 e. The van der Waals surface area contributed by atoms with Crippen LogP contribution in [0.5, 0.6) is 0 Å². The molecular weight excluding hydrogens is 424 g/mol. The second-order valence-electron chi connectivity index (χ2n) is 10.5. The van der Waals surface area contributed by atoms with Crippen molar-refractivity contribution in [2.75, 3.05) is 31.6 Å². The number of hydrogen-bond acceptors (Lipinski definition) is 4. The lowest BCUT2D eigenvalue weighted by molar-refractivity contribution is 0.0336. The highest BCUT2D eigenvalue weighted by Gasteiger charge is 2.45. The Morgan fingerprint density at radius 2 is 1.82 bits per heavy atom. The molecule has 34 heavy (non-hydrogen) atoms. The van der Waals surface area contributed by atoms with Gasteiger partial charge in [0, 0.05) is 42.8 Å². The van der Waals surface area contributed by atoms with Gasteiger partial charge in [-0.3, -0.25) is 9.88 Å². The summed E-state index contributed by atoms with van der Waals surface area (Å²) in [4.78, 5) is 19.8. The van der Waals surface area contributed by atoms with E-state index < -0.39 is 0 Å². The predicted octanol–water partition coefficient (Wildman–Crippen LogP) is 5.29. The Hall–Kier alpha value is -2.96. The monoisotopic (exact) mass is 458 g/mol. The average molecular weight is 459 g/mol. The fourth-order valence-electron chi connectivity index (χ4n) is 4.96. The minimum atomic E-state index is -0.135. The van der Waals surface area contributed by atoms with Gasteiger partial charge in [0.05, 0.1) is 24.6 Å². The number of ether oxygens (including phenoxy) is 1. The molecule has 3 aromatic rings. The van der Waals surface area contributed by atoms with Gasteiger partial charge in [0.15, 0.2) is 0 Å². The lowest BCUT2D eigenvalue weighted by atomic mass is 9.90. The molecule has 1 saturated carbocycles. The average Bonchev–Trinajstić information content (AvgIpc) is 3.60. The van der Waals surface area contributed by atoms with Crippen molar-refractivity contribution in [3.8, 4) is 11.1 Å². The highest BCUT2D eigenvalue weighted by atomic mass is 16.5. The predicted molar refractivity (Wildman–Crippen MR) is 137 cm³/mol. The number of benzene rings is 2. The second-order valence-corrected chi connectivity index (χ2v) is 10.5. The molecule has 178 valence electrons. The second kappa shape index (κ2) is 9.35. The first-order valence-corrected chi connectivity index (χ1v) is 12.2. The van der Waals surface area contributed by atoms with Crippen LogP contribution in [-0.2, 0) is 11.3 Å². The van der Waals surface area contributed by atoms with Crippen molar-refractivity contribution in [1.82, 2.24) is 15.2 Å². The van der Waals surface area contributed by atoms with E-state index in [4.69, 9.17) is 9.72 Å². The third-order valence-corrected chi connectivity index (χ3v) is 7.02. The van der Waals surface area contributed by atoms with E-state index in [1.165, 1.54) is 0 Å². The zero-order chi connectivity index (χ0) is 23.7. The maximum absolute atomic E-state index is 12.7. The number of amides is 2. The normalized spacial score (nSPS) is 20.8. The third kappa shape index (κ3) is 5.08. The van der Waals surface area contributed by atoms with Crippen LogP contribution in [0.15, 0.2) is 54.7 Å². The summed E-state index contributed by atoms with van der Waals surface area (Å²) < 4.78 is 5.44. The largest absolute Gasteiger partial charge is 0.379 e. The van der Waals surface area contributed by atoms with Gasteiger partial charge in [-0.15, -0.1) is 0 Å². The van der Waals surface area contributed by atoms with Gasteiger partial charge in [0.25, 0.3) is 0 Å². The van der Waals surface area contributed by atoms with Crippen LogP contribution in [0.1, 0.15) is 32.9 Å². The maximum atomic E-state index is 12.7. The summed E-state index contributed by atoms with van der Waals surface area (Å²) in [5.74, 6) is 0.538. The molecule has 0 spiro atoms. The van der Waals surface area contributed by atoms with E-state index in [0.29, 0.717) is 5.92 Å². The summed E-state index contributed by atoms with van der Waals surface area (Å²) in [5, 5.41) is 8.34. The molecule has 5 rings (SSSR count). The van der Waals surface area contributed by atoms with Gasteiger partial charge in [0.2, 0.25) is 0 Å². The zero-order valence-electron chi connectivity index (χ0n) is 20.3. The summed E-state index contributed by atoms with van der Waals surface area (Å²) in [7, 11) is 0. The molecule has 1 aliphatic carbocycles. The number of carbonyl (C=O) groups is 1. The van der Waals surface area contributed by atoms with Gasteiger partial charge in [0.1, 0.15) is 0 Å². The Labute approximate surface area is 201 Å². The lowest BCUT2D eigenvalue weighted by Crippen LogP contribution is -2.35. The molecular formula is C28H34N4O2. The summed E-state index contributed by atoms with van der Waals surface area (Å²) in [6.07, 6.45) is 3.00. The lowest BCUT2D eigenvalue weighted by Gasteiger charge is -2.26. The quantitative estimate of drug-likeness (QED) is 0.545. The highest BCUT2D eigenvalue weighted by molar-refractivity contribution is 6.07. The first-order valence-electron chi connectivity index (χ1n) is 12.2. The van der Waals surface area contributed by atoms with Gasteiger partial charge in [-0.2, -0.15) is 0 Å². The van der Waals surface area contributed by atoms with Crippen LogP contribution in [0.25, 0.3) is 21.9 Å². The zero-order valence-corrected chi connectivity index (χ0v) is 20.3. The summed E-state index contributed by atoms with van der Waals surface area (Å²) in [5.41, 5.74) is 4.30. The molecule has 1 aliphatic heterocycles. The summed E-state index contributed by atoms with van der Waals surface area (Å²) >= 11 is 0. The standard InChI is InChI=1S/C28H34N4O2/c1-28(2,3)24-16-26(24)31-27(33)30-25-11-10-21(22-6-4-5-7-23(22)25)19-8-9-20(29-17-19)18-32-12-14-34-15-13-32/h4-11,17,24,26H,12-16,18H2,1-3H3,(H2,30,31,33). The van der Waals surface area contributed by atoms with Gasteiger partial charge < -0.3 is 15.4 Å². The molecule has 1 saturated heterocycles. The molecule has 2 amide bonds. The first-order chi connectivity index (χ1) is 16.4.